The first-order chi connectivity index (χ1) is 3.18. The molecule has 7 heavy (non-hydrogen) atoms. The van der Waals surface area contributed by atoms with Gasteiger partial charge in [-0.25, -0.2) is 0 Å². The van der Waals surface area contributed by atoms with Gasteiger partial charge in [-0.15, -0.1) is 0 Å². The molecule has 0 aliphatic heterocycles. The molecule has 0 spiro atoms. The molecule has 0 aliphatic rings. The first-order valence-corrected chi connectivity index (χ1v) is 2.66. The van der Waals surface area contributed by atoms with Gasteiger partial charge in [0.2, 0.25) is 0 Å². The molecule has 0 aromatic heterocycles. The van der Waals surface area contributed by atoms with Crippen molar-refractivity contribution < 1.29 is 5.73 Å². The average molecular weight is 119 g/mol. The largest absolute Gasteiger partial charge is 0.322 e. The lowest BCUT2D eigenvalue weighted by atomic mass is 10.7. The topological polar surface area (TPSA) is 30.9 Å². The van der Waals surface area contributed by atoms with Crippen molar-refractivity contribution in [1.82, 2.24) is 4.90 Å². The van der Waals surface area contributed by atoms with Gasteiger partial charge >= 0.3 is 0 Å². The van der Waals surface area contributed by atoms with Crippen molar-refractivity contribution in [2.24, 2.45) is 0 Å². The van der Waals surface area contributed by atoms with Crippen LogP contribution < -0.4 is 5.73 Å². The minimum Gasteiger partial charge on any atom is -0.322 e. The molecule has 42 valence electrons. The van der Waals surface area contributed by atoms with Crippen LogP contribution in [0.25, 0.3) is 0 Å². The van der Waals surface area contributed by atoms with Crippen molar-refractivity contribution in [2.75, 3.05) is 13.6 Å². The second kappa shape index (κ2) is 2.93. The maximum Gasteiger partial charge on any atom is 0.267 e. The third kappa shape index (κ3) is 2.53. The lowest BCUT2D eigenvalue weighted by molar-refractivity contribution is -0.226. The number of nitrogens with zero attached hydrogens (tertiary/aromatic N) is 1. The summed E-state index contributed by atoms with van der Waals surface area (Å²) in [6.07, 6.45) is 0. The summed E-state index contributed by atoms with van der Waals surface area (Å²) in [5, 5.41) is 0.711. The minimum absolute atomic E-state index is 0.711. The maximum absolute atomic E-state index is 4.73. The van der Waals surface area contributed by atoms with E-state index in [-0.39, 0.29) is 0 Å². The molecule has 2 nitrogen and oxygen atoms in total. The van der Waals surface area contributed by atoms with Gasteiger partial charge < -0.3 is 10.6 Å². The van der Waals surface area contributed by atoms with E-state index in [1.807, 2.05) is 18.9 Å². The second-order valence-electron chi connectivity index (χ2n) is 1.41. The van der Waals surface area contributed by atoms with Crippen LogP contribution in [0.2, 0.25) is 0 Å². The van der Waals surface area contributed by atoms with Crippen molar-refractivity contribution in [3.63, 3.8) is 0 Å². The fourth-order valence-electron chi connectivity index (χ4n) is 0.176. The first-order valence-electron chi connectivity index (χ1n) is 2.25. The van der Waals surface area contributed by atoms with Crippen molar-refractivity contribution in [2.45, 2.75) is 6.92 Å². The molecule has 0 aromatic rings. The number of hydrogen-bond donors (Lipinski definition) is 1. The van der Waals surface area contributed by atoms with Gasteiger partial charge in [0.25, 0.3) is 5.11 Å². The Bertz CT molecular complexity index is 72.1. The number of hydrogen-bond acceptors (Lipinski definition) is 1. The molecule has 0 heterocycles. The molecule has 0 bridgehead atoms. The highest BCUT2D eigenvalue weighted by atomic mass is 32.1. The van der Waals surface area contributed by atoms with Crippen LogP contribution in [0.15, 0.2) is 0 Å². The summed E-state index contributed by atoms with van der Waals surface area (Å²) in [5.41, 5.74) is 3.57. The van der Waals surface area contributed by atoms with Gasteiger partial charge in [0.1, 0.15) is 0 Å². The van der Waals surface area contributed by atoms with Crippen LogP contribution in [-0.4, -0.2) is 23.6 Å². The summed E-state index contributed by atoms with van der Waals surface area (Å²) in [4.78, 5) is 1.91. The number of thiocarbonyl (C=S) groups is 1. The Morgan fingerprint density at radius 1 is 1.86 bits per heavy atom. The summed E-state index contributed by atoms with van der Waals surface area (Å²) < 4.78 is 0. The predicted octanol–water partition coefficient (Wildman–Crippen LogP) is -0.535. The van der Waals surface area contributed by atoms with Crippen LogP contribution in [-0.2, 0) is 0 Å². The van der Waals surface area contributed by atoms with E-state index in [1.54, 1.807) is 0 Å². The van der Waals surface area contributed by atoms with Crippen LogP contribution in [0.5, 0.6) is 0 Å². The molecule has 0 unspecified atom stereocenters. The summed E-state index contributed by atoms with van der Waals surface area (Å²) in [7, 11) is 1.93. The Kier molecular flexibility index (Phi) is 2.87. The summed E-state index contributed by atoms with van der Waals surface area (Å²) >= 11 is 4.73. The van der Waals surface area contributed by atoms with E-state index in [1.165, 1.54) is 0 Å². The highest BCUT2D eigenvalue weighted by Crippen LogP contribution is 1.74. The number of rotatable bonds is 1. The third-order valence-electron chi connectivity index (χ3n) is 0.900. The Morgan fingerprint density at radius 3 is 2.29 bits per heavy atom. The van der Waals surface area contributed by atoms with Crippen LogP contribution in [0.4, 0.5) is 0 Å². The average Bonchev–Trinajstić information content (AvgIpc) is 1.65. The first kappa shape index (κ1) is 6.85. The molecule has 3 heteroatoms. The normalized spacial score (nSPS) is 8.43. The van der Waals surface area contributed by atoms with Gasteiger partial charge in [-0.05, 0) is 6.92 Å². The van der Waals surface area contributed by atoms with Crippen molar-refractivity contribution in [3.8, 4) is 0 Å². The fraction of sp³-hybridized carbons (Fsp3) is 0.750. The molecule has 0 fully saturated rings. The predicted molar refractivity (Wildman–Crippen MR) is 33.8 cm³/mol. The zero-order valence-electron chi connectivity index (χ0n) is 4.77. The molecular formula is C4H11N2S+. The van der Waals surface area contributed by atoms with Crippen molar-refractivity contribution in [1.29, 1.82) is 0 Å². The van der Waals surface area contributed by atoms with Gasteiger partial charge in [0, 0.05) is 25.8 Å². The zero-order chi connectivity index (χ0) is 5.86. The summed E-state index contributed by atoms with van der Waals surface area (Å²) in [6.45, 7) is 2.99. The number of quaternary nitrogens is 1. The van der Waals surface area contributed by atoms with E-state index >= 15 is 0 Å². The van der Waals surface area contributed by atoms with E-state index in [0.717, 1.165) is 6.54 Å². The van der Waals surface area contributed by atoms with E-state index < -0.39 is 0 Å². The van der Waals surface area contributed by atoms with Gasteiger partial charge in [0.05, 0.1) is 0 Å². The van der Waals surface area contributed by atoms with Gasteiger partial charge in [-0.1, -0.05) is 0 Å². The van der Waals surface area contributed by atoms with E-state index in [4.69, 9.17) is 12.2 Å². The van der Waals surface area contributed by atoms with Gasteiger partial charge in [0.15, 0.2) is 0 Å². The molecule has 0 atom stereocenters. The zero-order valence-corrected chi connectivity index (χ0v) is 5.59. The monoisotopic (exact) mass is 119 g/mol. The molecule has 0 amide bonds. The van der Waals surface area contributed by atoms with E-state index in [0.29, 0.717) is 5.11 Å². The summed E-state index contributed by atoms with van der Waals surface area (Å²) in [5.74, 6) is 0. The third-order valence-corrected chi connectivity index (χ3v) is 1.21. The highest BCUT2D eigenvalue weighted by Gasteiger charge is 1.94. The van der Waals surface area contributed by atoms with Gasteiger partial charge in [-0.3, -0.25) is 0 Å². The van der Waals surface area contributed by atoms with Crippen molar-refractivity contribution in [3.05, 3.63) is 0 Å². The molecule has 0 saturated carbocycles. The van der Waals surface area contributed by atoms with Gasteiger partial charge in [-0.2, -0.15) is 0 Å². The second-order valence-corrected chi connectivity index (χ2v) is 1.88. The van der Waals surface area contributed by atoms with Crippen molar-refractivity contribution >= 4 is 17.3 Å². The van der Waals surface area contributed by atoms with E-state index in [9.17, 15) is 0 Å². The molecule has 0 radical (unpaired) electrons. The SMILES string of the molecule is CCN(C)C([NH3+])=S. The molecule has 3 N–H and O–H groups in total. The molecule has 0 aliphatic carbocycles. The Balaban J connectivity index is 3.34. The smallest absolute Gasteiger partial charge is 0.267 e. The van der Waals surface area contributed by atoms with E-state index in [2.05, 4.69) is 5.73 Å². The summed E-state index contributed by atoms with van der Waals surface area (Å²) in [6, 6.07) is 0. The quantitative estimate of drug-likeness (QED) is 0.470. The molecule has 0 saturated heterocycles. The fourth-order valence-corrected chi connectivity index (χ4v) is 0.305. The Morgan fingerprint density at radius 2 is 2.29 bits per heavy atom. The Labute approximate surface area is 49.3 Å². The minimum atomic E-state index is 0.711. The van der Waals surface area contributed by atoms with Crippen LogP contribution in [0, 0.1) is 0 Å². The Hall–Kier alpha value is -0.150. The van der Waals surface area contributed by atoms with Crippen LogP contribution in [0.3, 0.4) is 0 Å². The molecule has 0 aromatic carbocycles. The van der Waals surface area contributed by atoms with Crippen LogP contribution in [0.1, 0.15) is 6.92 Å². The molecule has 0 rings (SSSR count). The standard InChI is InChI=1S/C4H10N2S/c1-3-6(2)4(5)7/h3H2,1-2H3,(H2,5,7)/p+1. The van der Waals surface area contributed by atoms with Crippen LogP contribution >= 0.6 is 12.2 Å². The highest BCUT2D eigenvalue weighted by molar-refractivity contribution is 7.79. The molecular weight excluding hydrogens is 108 g/mol. The maximum atomic E-state index is 4.73. The lowest BCUT2D eigenvalue weighted by Gasteiger charge is -2.07. The lowest BCUT2D eigenvalue weighted by Crippen LogP contribution is -2.62.